The van der Waals surface area contributed by atoms with E-state index in [0.717, 1.165) is 5.30 Å². The normalized spacial score (nSPS) is 10.9. The summed E-state index contributed by atoms with van der Waals surface area (Å²) in [5.41, 5.74) is 0. The molecule has 1 nitrogen and oxygen atoms in total. The molecule has 0 aliphatic heterocycles. The molecule has 1 aromatic rings. The van der Waals surface area contributed by atoms with Gasteiger partial charge in [0.05, 0.1) is 0 Å². The second-order valence-corrected chi connectivity index (χ2v) is 2.99. The van der Waals surface area contributed by atoms with Gasteiger partial charge in [0.15, 0.2) is 0 Å². The molecule has 0 aromatic heterocycles. The topological polar surface area (TPSA) is 17.1 Å². The average Bonchev–Trinajstić information content (AvgIpc) is 1.90. The quantitative estimate of drug-likeness (QED) is 0.538. The van der Waals surface area contributed by atoms with E-state index in [-0.39, 0.29) is 0 Å². The van der Waals surface area contributed by atoms with Crippen LogP contribution in [-0.2, 0) is 4.57 Å². The molecular weight excluding hydrogens is 131 g/mol. The maximum Gasteiger partial charge on any atom is 0.121 e. The first-order valence-electron chi connectivity index (χ1n) is 2.63. The van der Waals surface area contributed by atoms with Crippen molar-refractivity contribution >= 4 is 19.0 Å². The van der Waals surface area contributed by atoms with E-state index in [1.807, 2.05) is 30.3 Å². The van der Waals surface area contributed by atoms with E-state index in [4.69, 9.17) is 0 Å². The molecule has 0 fully saturated rings. The Morgan fingerprint density at radius 2 is 1.78 bits per heavy atom. The molecule has 1 aromatic carbocycles. The van der Waals surface area contributed by atoms with Crippen LogP contribution < -0.4 is 5.30 Å². The molecule has 0 saturated heterocycles. The minimum atomic E-state index is -1.40. The van der Waals surface area contributed by atoms with Gasteiger partial charge in [-0.3, -0.25) is 4.57 Å². The third-order valence-electron chi connectivity index (χ3n) is 1.04. The number of rotatable bonds is 1. The predicted molar refractivity (Wildman–Crippen MR) is 40.8 cm³/mol. The third kappa shape index (κ3) is 1.55. The van der Waals surface area contributed by atoms with Crippen molar-refractivity contribution in [2.45, 2.75) is 0 Å². The number of benzene rings is 1. The maximum atomic E-state index is 10.7. The molecule has 0 N–H and O–H groups in total. The zero-order chi connectivity index (χ0) is 6.69. The zero-order valence-electron chi connectivity index (χ0n) is 4.95. The summed E-state index contributed by atoms with van der Waals surface area (Å²) in [6.07, 6.45) is 3.42. The average molecular weight is 138 g/mol. The smallest absolute Gasteiger partial charge is 0.121 e. The first-order chi connectivity index (χ1) is 4.30. The summed E-state index contributed by atoms with van der Waals surface area (Å²) >= 11 is 0. The molecule has 1 unspecified atom stereocenters. The van der Waals surface area contributed by atoms with Crippen molar-refractivity contribution in [3.63, 3.8) is 0 Å². The van der Waals surface area contributed by atoms with E-state index < -0.39 is 7.42 Å². The Hall–Kier alpha value is -0.810. The van der Waals surface area contributed by atoms with Gasteiger partial charge < -0.3 is 0 Å². The van der Waals surface area contributed by atoms with Crippen molar-refractivity contribution in [3.05, 3.63) is 30.3 Å². The molecule has 0 heterocycles. The second kappa shape index (κ2) is 2.65. The zero-order valence-corrected chi connectivity index (χ0v) is 5.84. The molecule has 1 rings (SSSR count). The van der Waals surface area contributed by atoms with Gasteiger partial charge >= 0.3 is 0 Å². The Morgan fingerprint density at radius 1 is 1.22 bits per heavy atom. The summed E-state index contributed by atoms with van der Waals surface area (Å²) < 4.78 is 10.7. The summed E-state index contributed by atoms with van der Waals surface area (Å²) in [6.45, 7) is 0. The standard InChI is InChI=1S/C7H7OP/c1-9(8)7-5-3-2-4-6-7/h2-6H,1H2. The van der Waals surface area contributed by atoms with E-state index >= 15 is 0 Å². The third-order valence-corrected chi connectivity index (χ3v) is 1.92. The van der Waals surface area contributed by atoms with Gasteiger partial charge in [-0.15, -0.1) is 0 Å². The monoisotopic (exact) mass is 138 g/mol. The van der Waals surface area contributed by atoms with E-state index in [1.54, 1.807) is 0 Å². The van der Waals surface area contributed by atoms with Crippen LogP contribution >= 0.6 is 7.42 Å². The van der Waals surface area contributed by atoms with E-state index in [1.165, 1.54) is 0 Å². The molecular formula is C7H7OP. The molecule has 46 valence electrons. The first-order valence-corrected chi connectivity index (χ1v) is 4.08. The van der Waals surface area contributed by atoms with Crippen LogP contribution in [0.4, 0.5) is 0 Å². The summed E-state index contributed by atoms with van der Waals surface area (Å²) in [5.74, 6) is 0. The summed E-state index contributed by atoms with van der Waals surface area (Å²) in [6, 6.07) is 9.22. The molecule has 0 bridgehead atoms. The minimum Gasteiger partial charge on any atom is -0.278 e. The minimum absolute atomic E-state index is 0.813. The van der Waals surface area contributed by atoms with E-state index in [0.29, 0.717) is 0 Å². The molecule has 0 aliphatic carbocycles. The fraction of sp³-hybridized carbons (Fsp3) is 0. The van der Waals surface area contributed by atoms with E-state index in [9.17, 15) is 4.57 Å². The molecule has 0 saturated carbocycles. The lowest BCUT2D eigenvalue weighted by atomic mass is 10.4. The Balaban J connectivity index is 3.13. The lowest BCUT2D eigenvalue weighted by Crippen LogP contribution is -1.87. The Labute approximate surface area is 54.8 Å². The summed E-state index contributed by atoms with van der Waals surface area (Å²) in [7, 11) is -1.40. The summed E-state index contributed by atoms with van der Waals surface area (Å²) in [5, 5.41) is 0.813. The van der Waals surface area contributed by atoms with Crippen molar-refractivity contribution in [2.24, 2.45) is 0 Å². The number of hydrogen-bond donors (Lipinski definition) is 0. The molecule has 1 atom stereocenters. The first kappa shape index (κ1) is 6.31. The maximum absolute atomic E-state index is 10.7. The molecule has 9 heavy (non-hydrogen) atoms. The van der Waals surface area contributed by atoms with Crippen LogP contribution in [0.15, 0.2) is 30.3 Å². The summed E-state index contributed by atoms with van der Waals surface area (Å²) in [4.78, 5) is 0. The second-order valence-electron chi connectivity index (χ2n) is 1.71. The van der Waals surface area contributed by atoms with Gasteiger partial charge in [-0.05, 0) is 18.4 Å². The Morgan fingerprint density at radius 3 is 2.11 bits per heavy atom. The van der Waals surface area contributed by atoms with Crippen LogP contribution in [0.1, 0.15) is 0 Å². The Kier molecular flexibility index (Phi) is 1.86. The SMILES string of the molecule is C=P(=O)c1ccccc1. The van der Waals surface area contributed by atoms with Crippen molar-refractivity contribution in [3.8, 4) is 0 Å². The highest BCUT2D eigenvalue weighted by atomic mass is 31.1. The van der Waals surface area contributed by atoms with Crippen molar-refractivity contribution < 1.29 is 4.57 Å². The largest absolute Gasteiger partial charge is 0.278 e. The molecule has 0 spiro atoms. The van der Waals surface area contributed by atoms with Crippen LogP contribution in [-0.4, -0.2) is 6.30 Å². The predicted octanol–water partition coefficient (Wildman–Crippen LogP) is 1.57. The van der Waals surface area contributed by atoms with Crippen molar-refractivity contribution in [1.29, 1.82) is 0 Å². The number of hydrogen-bond acceptors (Lipinski definition) is 1. The van der Waals surface area contributed by atoms with Gasteiger partial charge in [-0.25, -0.2) is 0 Å². The van der Waals surface area contributed by atoms with Gasteiger partial charge in [-0.1, -0.05) is 18.2 Å². The van der Waals surface area contributed by atoms with Gasteiger partial charge in [0.25, 0.3) is 0 Å². The van der Waals surface area contributed by atoms with Gasteiger partial charge in [0.2, 0.25) is 0 Å². The van der Waals surface area contributed by atoms with Crippen molar-refractivity contribution in [1.82, 2.24) is 0 Å². The fourth-order valence-electron chi connectivity index (χ4n) is 0.594. The van der Waals surface area contributed by atoms with Crippen LogP contribution in [0.25, 0.3) is 0 Å². The molecule has 0 aliphatic rings. The van der Waals surface area contributed by atoms with Gasteiger partial charge in [0.1, 0.15) is 7.42 Å². The highest BCUT2D eigenvalue weighted by molar-refractivity contribution is 7.51. The highest BCUT2D eigenvalue weighted by Gasteiger charge is 1.85. The molecule has 0 radical (unpaired) electrons. The van der Waals surface area contributed by atoms with Crippen LogP contribution in [0, 0.1) is 0 Å². The molecule has 0 amide bonds. The Bertz CT molecular complexity index is 241. The highest BCUT2D eigenvalue weighted by Crippen LogP contribution is 2.00. The van der Waals surface area contributed by atoms with E-state index in [2.05, 4.69) is 6.30 Å². The van der Waals surface area contributed by atoms with Gasteiger partial charge in [0, 0.05) is 5.30 Å². The van der Waals surface area contributed by atoms with Crippen LogP contribution in [0.2, 0.25) is 0 Å². The lowest BCUT2D eigenvalue weighted by molar-refractivity contribution is 0.601. The fourth-order valence-corrected chi connectivity index (χ4v) is 1.10. The van der Waals surface area contributed by atoms with Crippen LogP contribution in [0.3, 0.4) is 0 Å². The van der Waals surface area contributed by atoms with Crippen LogP contribution in [0.5, 0.6) is 0 Å². The lowest BCUT2D eigenvalue weighted by Gasteiger charge is -1.85. The molecule has 2 heteroatoms. The van der Waals surface area contributed by atoms with Gasteiger partial charge in [-0.2, -0.15) is 0 Å². The van der Waals surface area contributed by atoms with Crippen molar-refractivity contribution in [2.75, 3.05) is 0 Å².